The lowest BCUT2D eigenvalue weighted by Gasteiger charge is -2.10. The molecule has 0 bridgehead atoms. The van der Waals surface area contributed by atoms with Crippen LogP contribution in [0.25, 0.3) is 22.3 Å². The van der Waals surface area contributed by atoms with Crippen LogP contribution in [0.15, 0.2) is 97.1 Å². The van der Waals surface area contributed by atoms with Gasteiger partial charge in [0.05, 0.1) is 11.6 Å². The van der Waals surface area contributed by atoms with Crippen molar-refractivity contribution in [3.05, 3.63) is 119 Å². The Morgan fingerprint density at radius 2 is 1.28 bits per heavy atom. The average Bonchev–Trinajstić information content (AvgIpc) is 2.79. The Kier molecular flexibility index (Phi) is 5.05. The fraction of sp³-hybridized carbons (Fsp3) is 0.0370. The number of hydrogen-bond acceptors (Lipinski definition) is 2. The first-order valence-corrected chi connectivity index (χ1v) is 9.47. The van der Waals surface area contributed by atoms with Crippen LogP contribution in [0, 0.1) is 18.3 Å². The van der Waals surface area contributed by atoms with Crippen molar-refractivity contribution < 1.29 is 4.79 Å². The number of aryl methyl sites for hydroxylation is 1. The summed E-state index contributed by atoms with van der Waals surface area (Å²) < 4.78 is 0. The third-order valence-electron chi connectivity index (χ3n) is 5.07. The molecule has 0 fully saturated rings. The van der Waals surface area contributed by atoms with Crippen molar-refractivity contribution in [2.45, 2.75) is 6.92 Å². The highest BCUT2D eigenvalue weighted by molar-refractivity contribution is 6.09. The minimum Gasteiger partial charge on any atom is -0.289 e. The van der Waals surface area contributed by atoms with Crippen LogP contribution in [0.2, 0.25) is 0 Å². The molecule has 4 rings (SSSR count). The van der Waals surface area contributed by atoms with Crippen molar-refractivity contribution in [1.29, 1.82) is 5.26 Å². The lowest BCUT2D eigenvalue weighted by molar-refractivity contribution is 0.103. The van der Waals surface area contributed by atoms with Crippen molar-refractivity contribution in [1.82, 2.24) is 0 Å². The monoisotopic (exact) mass is 373 g/mol. The summed E-state index contributed by atoms with van der Waals surface area (Å²) in [4.78, 5) is 12.6. The summed E-state index contributed by atoms with van der Waals surface area (Å²) in [5.74, 6) is 0.0319. The highest BCUT2D eigenvalue weighted by Crippen LogP contribution is 2.29. The summed E-state index contributed by atoms with van der Waals surface area (Å²) in [6.45, 7) is 2.09. The predicted octanol–water partition coefficient (Wildman–Crippen LogP) is 6.43. The van der Waals surface area contributed by atoms with E-state index in [0.717, 1.165) is 27.8 Å². The molecule has 0 saturated heterocycles. The van der Waals surface area contributed by atoms with Gasteiger partial charge in [0.25, 0.3) is 0 Å². The number of rotatable bonds is 4. The first-order valence-electron chi connectivity index (χ1n) is 9.47. The van der Waals surface area contributed by atoms with Gasteiger partial charge in [0.2, 0.25) is 0 Å². The van der Waals surface area contributed by atoms with Gasteiger partial charge in [-0.05, 0) is 46.9 Å². The molecule has 4 aromatic rings. The molecule has 2 nitrogen and oxygen atoms in total. The molecule has 0 amide bonds. The van der Waals surface area contributed by atoms with E-state index in [1.54, 1.807) is 0 Å². The molecule has 29 heavy (non-hydrogen) atoms. The highest BCUT2D eigenvalue weighted by Gasteiger charge is 2.09. The first-order chi connectivity index (χ1) is 14.2. The van der Waals surface area contributed by atoms with Crippen LogP contribution in [-0.4, -0.2) is 5.78 Å². The van der Waals surface area contributed by atoms with Gasteiger partial charge in [0.15, 0.2) is 5.78 Å². The second kappa shape index (κ2) is 7.96. The van der Waals surface area contributed by atoms with E-state index in [4.69, 9.17) is 5.26 Å². The van der Waals surface area contributed by atoms with E-state index in [1.165, 1.54) is 0 Å². The van der Waals surface area contributed by atoms with Gasteiger partial charge < -0.3 is 0 Å². The van der Waals surface area contributed by atoms with Crippen LogP contribution in [0.4, 0.5) is 0 Å². The standard InChI is InChI=1S/C27H19NO/c1-19-17-25(15-16-26(19)22-9-7-20(18-28)8-10-22)21-11-13-24(14-12-21)27(29)23-5-3-2-4-6-23/h2-17H,1H3. The van der Waals surface area contributed by atoms with Crippen LogP contribution in [0.3, 0.4) is 0 Å². The SMILES string of the molecule is Cc1cc(-c2ccc(C(=O)c3ccccc3)cc2)ccc1-c1ccc(C#N)cc1. The van der Waals surface area contributed by atoms with Gasteiger partial charge in [0.1, 0.15) is 0 Å². The van der Waals surface area contributed by atoms with Crippen molar-refractivity contribution in [3.63, 3.8) is 0 Å². The van der Waals surface area contributed by atoms with Crippen LogP contribution >= 0.6 is 0 Å². The van der Waals surface area contributed by atoms with Crippen LogP contribution in [-0.2, 0) is 0 Å². The maximum atomic E-state index is 12.6. The van der Waals surface area contributed by atoms with E-state index >= 15 is 0 Å². The van der Waals surface area contributed by atoms with E-state index in [0.29, 0.717) is 16.7 Å². The zero-order valence-electron chi connectivity index (χ0n) is 16.1. The lowest BCUT2D eigenvalue weighted by atomic mass is 9.94. The molecule has 0 aromatic heterocycles. The van der Waals surface area contributed by atoms with E-state index in [1.807, 2.05) is 78.9 Å². The Balaban J connectivity index is 1.59. The van der Waals surface area contributed by atoms with E-state index in [-0.39, 0.29) is 5.78 Å². The molecule has 0 heterocycles. The zero-order chi connectivity index (χ0) is 20.2. The average molecular weight is 373 g/mol. The predicted molar refractivity (Wildman–Crippen MR) is 117 cm³/mol. The van der Waals surface area contributed by atoms with Crippen LogP contribution in [0.1, 0.15) is 27.0 Å². The molecule has 0 aliphatic rings. The molecule has 138 valence electrons. The number of nitrogens with zero attached hydrogens (tertiary/aromatic N) is 1. The zero-order valence-corrected chi connectivity index (χ0v) is 16.1. The minimum absolute atomic E-state index is 0.0319. The molecular formula is C27H19NO. The molecule has 0 saturated carbocycles. The Morgan fingerprint density at radius 3 is 1.90 bits per heavy atom. The van der Waals surface area contributed by atoms with Gasteiger partial charge in [-0.2, -0.15) is 5.26 Å². The molecule has 0 spiro atoms. The quantitative estimate of drug-likeness (QED) is 0.387. The van der Waals surface area contributed by atoms with Crippen molar-refractivity contribution in [2.24, 2.45) is 0 Å². The number of hydrogen-bond donors (Lipinski definition) is 0. The smallest absolute Gasteiger partial charge is 0.193 e. The van der Waals surface area contributed by atoms with Crippen LogP contribution in [0.5, 0.6) is 0 Å². The molecule has 0 unspecified atom stereocenters. The van der Waals surface area contributed by atoms with Crippen molar-refractivity contribution >= 4 is 5.78 Å². The minimum atomic E-state index is 0.0319. The molecule has 4 aromatic carbocycles. The van der Waals surface area contributed by atoms with Crippen molar-refractivity contribution in [3.8, 4) is 28.3 Å². The summed E-state index contributed by atoms with van der Waals surface area (Å²) in [5, 5.41) is 8.96. The summed E-state index contributed by atoms with van der Waals surface area (Å²) in [7, 11) is 0. The third kappa shape index (κ3) is 3.85. The Bertz CT molecular complexity index is 1200. The number of carbonyl (C=O) groups excluding carboxylic acids is 1. The fourth-order valence-corrected chi connectivity index (χ4v) is 3.46. The number of ketones is 1. The molecule has 0 N–H and O–H groups in total. The lowest BCUT2D eigenvalue weighted by Crippen LogP contribution is -2.00. The highest BCUT2D eigenvalue weighted by atomic mass is 16.1. The molecule has 0 atom stereocenters. The molecular weight excluding hydrogens is 354 g/mol. The van der Waals surface area contributed by atoms with E-state index in [9.17, 15) is 4.79 Å². The summed E-state index contributed by atoms with van der Waals surface area (Å²) in [5.41, 5.74) is 7.63. The van der Waals surface area contributed by atoms with Gasteiger partial charge in [-0.1, -0.05) is 84.9 Å². The van der Waals surface area contributed by atoms with E-state index < -0.39 is 0 Å². The van der Waals surface area contributed by atoms with Gasteiger partial charge >= 0.3 is 0 Å². The number of carbonyl (C=O) groups is 1. The summed E-state index contributed by atoms with van der Waals surface area (Å²) in [6, 6.07) is 33.2. The summed E-state index contributed by atoms with van der Waals surface area (Å²) >= 11 is 0. The molecule has 0 aliphatic heterocycles. The second-order valence-corrected chi connectivity index (χ2v) is 6.99. The normalized spacial score (nSPS) is 10.3. The van der Waals surface area contributed by atoms with E-state index in [2.05, 4.69) is 31.2 Å². The fourth-order valence-electron chi connectivity index (χ4n) is 3.46. The Labute approximate surface area is 170 Å². The first kappa shape index (κ1) is 18.4. The Hall–Kier alpha value is -3.96. The molecule has 0 aliphatic carbocycles. The van der Waals surface area contributed by atoms with Crippen LogP contribution < -0.4 is 0 Å². The van der Waals surface area contributed by atoms with Gasteiger partial charge in [-0.15, -0.1) is 0 Å². The van der Waals surface area contributed by atoms with Gasteiger partial charge in [-0.3, -0.25) is 4.79 Å². The number of nitriles is 1. The van der Waals surface area contributed by atoms with Gasteiger partial charge in [-0.25, -0.2) is 0 Å². The Morgan fingerprint density at radius 1 is 0.690 bits per heavy atom. The summed E-state index contributed by atoms with van der Waals surface area (Å²) in [6.07, 6.45) is 0. The molecule has 2 heteroatoms. The topological polar surface area (TPSA) is 40.9 Å². The third-order valence-corrected chi connectivity index (χ3v) is 5.07. The van der Waals surface area contributed by atoms with Crippen molar-refractivity contribution in [2.75, 3.05) is 0 Å². The second-order valence-electron chi connectivity index (χ2n) is 6.99. The largest absolute Gasteiger partial charge is 0.289 e. The maximum absolute atomic E-state index is 12.6. The molecule has 0 radical (unpaired) electrons. The van der Waals surface area contributed by atoms with Gasteiger partial charge in [0, 0.05) is 11.1 Å². The number of benzene rings is 4. The maximum Gasteiger partial charge on any atom is 0.193 e.